The highest BCUT2D eigenvalue weighted by atomic mass is 19.1. The maximum Gasteiger partial charge on any atom is 0.136 e. The van der Waals surface area contributed by atoms with Crippen LogP contribution in [-0.4, -0.2) is 6.61 Å². The van der Waals surface area contributed by atoms with Crippen molar-refractivity contribution in [2.24, 2.45) is 0 Å². The third-order valence-corrected chi connectivity index (χ3v) is 1.62. The van der Waals surface area contributed by atoms with E-state index in [1.165, 1.54) is 18.2 Å². The first kappa shape index (κ1) is 10.3. The van der Waals surface area contributed by atoms with Crippen LogP contribution in [0.2, 0.25) is 0 Å². The molecule has 0 saturated carbocycles. The number of nitrogens with zero attached hydrogens (tertiary/aromatic N) is 1. The Morgan fingerprint density at radius 1 is 1.50 bits per heavy atom. The van der Waals surface area contributed by atoms with E-state index in [1.807, 2.05) is 13.0 Å². The number of benzene rings is 1. The first-order chi connectivity index (χ1) is 6.77. The predicted octanol–water partition coefficient (Wildman–Crippen LogP) is 2.73. The minimum absolute atomic E-state index is 0.304. The standard InChI is InChI=1S/C11H10FNO/c1-2-14-11(7-8-13)9-3-5-10(12)6-4-9/h3-7H,2H2,1H3/b11-7-. The number of hydrogen-bond acceptors (Lipinski definition) is 2. The van der Waals surface area contributed by atoms with Crippen molar-refractivity contribution in [2.75, 3.05) is 6.61 Å². The maximum absolute atomic E-state index is 12.6. The molecule has 0 aliphatic rings. The molecule has 0 aromatic heterocycles. The van der Waals surface area contributed by atoms with Crippen molar-refractivity contribution in [3.05, 3.63) is 41.7 Å². The zero-order valence-electron chi connectivity index (χ0n) is 7.83. The van der Waals surface area contributed by atoms with E-state index in [-0.39, 0.29) is 5.82 Å². The molecule has 0 spiro atoms. The van der Waals surface area contributed by atoms with Crippen molar-refractivity contribution >= 4 is 5.76 Å². The smallest absolute Gasteiger partial charge is 0.136 e. The molecule has 0 atom stereocenters. The van der Waals surface area contributed by atoms with E-state index in [0.717, 1.165) is 0 Å². The Balaban J connectivity index is 2.95. The summed E-state index contributed by atoms with van der Waals surface area (Å²) in [6.07, 6.45) is 1.30. The molecule has 0 amide bonds. The first-order valence-corrected chi connectivity index (χ1v) is 4.26. The van der Waals surface area contributed by atoms with Gasteiger partial charge in [-0.15, -0.1) is 0 Å². The van der Waals surface area contributed by atoms with Gasteiger partial charge in [0, 0.05) is 5.56 Å². The Morgan fingerprint density at radius 3 is 2.64 bits per heavy atom. The summed E-state index contributed by atoms with van der Waals surface area (Å²) in [5.74, 6) is 0.163. The molecule has 0 aliphatic carbocycles. The van der Waals surface area contributed by atoms with E-state index < -0.39 is 0 Å². The van der Waals surface area contributed by atoms with Crippen molar-refractivity contribution in [1.29, 1.82) is 5.26 Å². The monoisotopic (exact) mass is 191 g/mol. The molecular weight excluding hydrogens is 181 g/mol. The third-order valence-electron chi connectivity index (χ3n) is 1.62. The van der Waals surface area contributed by atoms with Crippen LogP contribution in [0.15, 0.2) is 30.3 Å². The largest absolute Gasteiger partial charge is 0.493 e. The van der Waals surface area contributed by atoms with E-state index in [1.54, 1.807) is 12.1 Å². The summed E-state index contributed by atoms with van der Waals surface area (Å²) >= 11 is 0. The Bertz CT molecular complexity index is 362. The average Bonchev–Trinajstić information content (AvgIpc) is 2.19. The van der Waals surface area contributed by atoms with Crippen molar-refractivity contribution < 1.29 is 9.13 Å². The molecule has 0 aliphatic heterocycles. The van der Waals surface area contributed by atoms with Crippen LogP contribution < -0.4 is 0 Å². The highest BCUT2D eigenvalue weighted by Gasteiger charge is 2.01. The summed E-state index contributed by atoms with van der Waals surface area (Å²) in [5, 5.41) is 8.50. The van der Waals surface area contributed by atoms with Gasteiger partial charge in [0.1, 0.15) is 11.6 Å². The van der Waals surface area contributed by atoms with Crippen LogP contribution in [0.3, 0.4) is 0 Å². The second kappa shape index (κ2) is 5.03. The van der Waals surface area contributed by atoms with Gasteiger partial charge in [0.2, 0.25) is 0 Å². The van der Waals surface area contributed by atoms with Gasteiger partial charge in [-0.25, -0.2) is 4.39 Å². The SMILES string of the molecule is CCO/C(=C\C#N)c1ccc(F)cc1. The Hall–Kier alpha value is -1.82. The van der Waals surface area contributed by atoms with Gasteiger partial charge < -0.3 is 4.74 Å². The molecule has 0 radical (unpaired) electrons. The van der Waals surface area contributed by atoms with Gasteiger partial charge in [-0.1, -0.05) is 0 Å². The van der Waals surface area contributed by atoms with Crippen molar-refractivity contribution in [1.82, 2.24) is 0 Å². The van der Waals surface area contributed by atoms with Crippen LogP contribution in [0.1, 0.15) is 12.5 Å². The van der Waals surface area contributed by atoms with Crippen LogP contribution in [0, 0.1) is 17.1 Å². The molecule has 0 fully saturated rings. The van der Waals surface area contributed by atoms with E-state index in [0.29, 0.717) is 17.9 Å². The first-order valence-electron chi connectivity index (χ1n) is 4.26. The lowest BCUT2D eigenvalue weighted by Crippen LogP contribution is -1.91. The van der Waals surface area contributed by atoms with Gasteiger partial charge in [0.05, 0.1) is 18.8 Å². The highest BCUT2D eigenvalue weighted by molar-refractivity contribution is 5.61. The molecule has 72 valence electrons. The van der Waals surface area contributed by atoms with Gasteiger partial charge in [0.15, 0.2) is 0 Å². The molecule has 0 saturated heterocycles. The summed E-state index contributed by atoms with van der Waals surface area (Å²) in [6.45, 7) is 2.31. The van der Waals surface area contributed by atoms with Gasteiger partial charge in [-0.05, 0) is 31.2 Å². The fourth-order valence-electron chi connectivity index (χ4n) is 1.04. The normalized spacial score (nSPS) is 10.8. The lowest BCUT2D eigenvalue weighted by molar-refractivity contribution is 0.298. The molecule has 14 heavy (non-hydrogen) atoms. The zero-order valence-corrected chi connectivity index (χ0v) is 7.83. The van der Waals surface area contributed by atoms with Crippen LogP contribution in [0.4, 0.5) is 4.39 Å². The molecule has 0 bridgehead atoms. The van der Waals surface area contributed by atoms with Gasteiger partial charge >= 0.3 is 0 Å². The molecular formula is C11H10FNO. The van der Waals surface area contributed by atoms with Gasteiger partial charge in [-0.2, -0.15) is 5.26 Å². The van der Waals surface area contributed by atoms with Crippen molar-refractivity contribution in [3.63, 3.8) is 0 Å². The van der Waals surface area contributed by atoms with E-state index >= 15 is 0 Å². The zero-order chi connectivity index (χ0) is 10.4. The summed E-state index contributed by atoms with van der Waals surface area (Å²) < 4.78 is 17.8. The number of rotatable bonds is 3. The lowest BCUT2D eigenvalue weighted by Gasteiger charge is -2.06. The van der Waals surface area contributed by atoms with Crippen LogP contribution in [0.25, 0.3) is 5.76 Å². The maximum atomic E-state index is 12.6. The molecule has 1 aromatic rings. The van der Waals surface area contributed by atoms with Gasteiger partial charge in [-0.3, -0.25) is 0 Å². The molecule has 1 aromatic carbocycles. The summed E-state index contributed by atoms with van der Waals surface area (Å²) in [6, 6.07) is 7.71. The number of halogens is 1. The number of hydrogen-bond donors (Lipinski definition) is 0. The van der Waals surface area contributed by atoms with Crippen LogP contribution in [0.5, 0.6) is 0 Å². The Morgan fingerprint density at radius 2 is 2.14 bits per heavy atom. The van der Waals surface area contributed by atoms with E-state index in [2.05, 4.69) is 0 Å². The second-order valence-corrected chi connectivity index (χ2v) is 2.58. The van der Waals surface area contributed by atoms with E-state index in [9.17, 15) is 4.39 Å². The number of ether oxygens (including phenoxy) is 1. The minimum atomic E-state index is -0.304. The molecule has 1 rings (SSSR count). The molecule has 0 N–H and O–H groups in total. The summed E-state index contributed by atoms with van der Waals surface area (Å²) in [5.41, 5.74) is 0.704. The quantitative estimate of drug-likeness (QED) is 0.543. The number of allylic oxidation sites excluding steroid dienone is 1. The lowest BCUT2D eigenvalue weighted by atomic mass is 10.2. The predicted molar refractivity (Wildman–Crippen MR) is 51.6 cm³/mol. The number of nitriles is 1. The van der Waals surface area contributed by atoms with Crippen molar-refractivity contribution in [3.8, 4) is 6.07 Å². The minimum Gasteiger partial charge on any atom is -0.493 e. The fourth-order valence-corrected chi connectivity index (χ4v) is 1.04. The Labute approximate surface area is 82.2 Å². The Kier molecular flexibility index (Phi) is 3.69. The summed E-state index contributed by atoms with van der Waals surface area (Å²) in [7, 11) is 0. The van der Waals surface area contributed by atoms with Gasteiger partial charge in [0.25, 0.3) is 0 Å². The van der Waals surface area contributed by atoms with Crippen LogP contribution >= 0.6 is 0 Å². The fraction of sp³-hybridized carbons (Fsp3) is 0.182. The third kappa shape index (κ3) is 2.60. The molecule has 3 heteroatoms. The topological polar surface area (TPSA) is 33.0 Å². The molecule has 0 heterocycles. The molecule has 0 unspecified atom stereocenters. The molecule has 2 nitrogen and oxygen atoms in total. The van der Waals surface area contributed by atoms with E-state index in [4.69, 9.17) is 10.00 Å². The average molecular weight is 191 g/mol. The highest BCUT2D eigenvalue weighted by Crippen LogP contribution is 2.15. The summed E-state index contributed by atoms with van der Waals surface area (Å²) in [4.78, 5) is 0. The van der Waals surface area contributed by atoms with Crippen molar-refractivity contribution in [2.45, 2.75) is 6.92 Å². The van der Waals surface area contributed by atoms with Crippen LogP contribution in [-0.2, 0) is 4.74 Å². The second-order valence-electron chi connectivity index (χ2n) is 2.58.